The highest BCUT2D eigenvalue weighted by Crippen LogP contribution is 2.13. The fraction of sp³-hybridized carbons (Fsp3) is 0.231. The first-order chi connectivity index (χ1) is 7.29. The monoisotopic (exact) mass is 199 g/mol. The lowest BCUT2D eigenvalue weighted by atomic mass is 10.1. The minimum Gasteiger partial charge on any atom is -0.299 e. The van der Waals surface area contributed by atoms with Gasteiger partial charge in [0.05, 0.1) is 5.52 Å². The second-order valence-electron chi connectivity index (χ2n) is 3.60. The third-order valence-electron chi connectivity index (χ3n) is 2.47. The molecule has 2 heteroatoms. The Balaban J connectivity index is 2.34. The molecule has 0 aliphatic heterocycles. The van der Waals surface area contributed by atoms with Crippen LogP contribution in [0.1, 0.15) is 18.9 Å². The van der Waals surface area contributed by atoms with E-state index in [1.807, 2.05) is 37.3 Å². The SMILES string of the molecule is CCC(=O)Cc1ccc2cccnc2c1. The Bertz CT molecular complexity index is 491. The minimum absolute atomic E-state index is 0.269. The highest BCUT2D eigenvalue weighted by molar-refractivity contribution is 5.83. The minimum atomic E-state index is 0.269. The van der Waals surface area contributed by atoms with Crippen LogP contribution in [0.4, 0.5) is 0 Å². The van der Waals surface area contributed by atoms with E-state index < -0.39 is 0 Å². The van der Waals surface area contributed by atoms with Gasteiger partial charge in [0.1, 0.15) is 5.78 Å². The highest BCUT2D eigenvalue weighted by atomic mass is 16.1. The molecule has 2 aromatic rings. The number of ketones is 1. The number of hydrogen-bond acceptors (Lipinski definition) is 2. The van der Waals surface area contributed by atoms with Crippen LogP contribution in [-0.2, 0) is 11.2 Å². The summed E-state index contributed by atoms with van der Waals surface area (Å²) in [5, 5.41) is 1.12. The molecule has 1 aromatic carbocycles. The molecule has 0 spiro atoms. The van der Waals surface area contributed by atoms with Crippen LogP contribution in [0.15, 0.2) is 36.5 Å². The maximum atomic E-state index is 11.3. The summed E-state index contributed by atoms with van der Waals surface area (Å²) in [7, 11) is 0. The van der Waals surface area contributed by atoms with Gasteiger partial charge in [0.2, 0.25) is 0 Å². The van der Waals surface area contributed by atoms with E-state index in [0.717, 1.165) is 16.5 Å². The number of Topliss-reactive ketones (excluding diaryl/α,β-unsaturated/α-hetero) is 1. The molecule has 1 aromatic heterocycles. The van der Waals surface area contributed by atoms with Gasteiger partial charge in [-0.2, -0.15) is 0 Å². The molecule has 0 unspecified atom stereocenters. The van der Waals surface area contributed by atoms with Crippen LogP contribution in [0.5, 0.6) is 0 Å². The predicted molar refractivity (Wildman–Crippen MR) is 60.7 cm³/mol. The molecule has 0 saturated carbocycles. The molecular formula is C13H13NO. The normalized spacial score (nSPS) is 10.5. The van der Waals surface area contributed by atoms with Gasteiger partial charge in [0.25, 0.3) is 0 Å². The number of hydrogen-bond donors (Lipinski definition) is 0. The number of nitrogens with zero attached hydrogens (tertiary/aromatic N) is 1. The maximum absolute atomic E-state index is 11.3. The Morgan fingerprint density at radius 2 is 2.20 bits per heavy atom. The molecule has 76 valence electrons. The van der Waals surface area contributed by atoms with Crippen molar-refractivity contribution in [2.45, 2.75) is 19.8 Å². The van der Waals surface area contributed by atoms with E-state index in [9.17, 15) is 4.79 Å². The Kier molecular flexibility index (Phi) is 2.77. The van der Waals surface area contributed by atoms with Crippen LogP contribution in [0.25, 0.3) is 10.9 Å². The van der Waals surface area contributed by atoms with Crippen molar-refractivity contribution in [3.63, 3.8) is 0 Å². The standard InChI is InChI=1S/C13H13NO/c1-2-12(15)8-10-5-6-11-4-3-7-14-13(11)9-10/h3-7,9H,2,8H2,1H3. The second-order valence-corrected chi connectivity index (χ2v) is 3.60. The van der Waals surface area contributed by atoms with Crippen molar-refractivity contribution in [1.82, 2.24) is 4.98 Å². The molecule has 0 atom stereocenters. The van der Waals surface area contributed by atoms with Gasteiger partial charge in [-0.3, -0.25) is 9.78 Å². The van der Waals surface area contributed by atoms with Crippen LogP contribution in [0, 0.1) is 0 Å². The smallest absolute Gasteiger partial charge is 0.136 e. The molecule has 0 N–H and O–H groups in total. The van der Waals surface area contributed by atoms with Crippen molar-refractivity contribution in [2.75, 3.05) is 0 Å². The van der Waals surface area contributed by atoms with Crippen LogP contribution < -0.4 is 0 Å². The fourth-order valence-electron chi connectivity index (χ4n) is 1.57. The van der Waals surface area contributed by atoms with Gasteiger partial charge in [-0.25, -0.2) is 0 Å². The summed E-state index contributed by atoms with van der Waals surface area (Å²) in [6, 6.07) is 9.94. The molecule has 0 amide bonds. The second kappa shape index (κ2) is 4.22. The third kappa shape index (κ3) is 2.21. The first-order valence-electron chi connectivity index (χ1n) is 5.15. The van der Waals surface area contributed by atoms with Gasteiger partial charge in [-0.05, 0) is 17.7 Å². The summed E-state index contributed by atoms with van der Waals surface area (Å²) >= 11 is 0. The van der Waals surface area contributed by atoms with E-state index in [0.29, 0.717) is 12.8 Å². The van der Waals surface area contributed by atoms with E-state index in [4.69, 9.17) is 0 Å². The molecular weight excluding hydrogens is 186 g/mol. The van der Waals surface area contributed by atoms with Crippen molar-refractivity contribution in [3.8, 4) is 0 Å². The molecule has 0 fully saturated rings. The van der Waals surface area contributed by atoms with Gasteiger partial charge >= 0.3 is 0 Å². The number of aromatic nitrogens is 1. The van der Waals surface area contributed by atoms with Crippen molar-refractivity contribution in [1.29, 1.82) is 0 Å². The highest BCUT2D eigenvalue weighted by Gasteiger charge is 2.02. The molecule has 1 heterocycles. The summed E-state index contributed by atoms with van der Waals surface area (Å²) in [4.78, 5) is 15.6. The molecule has 0 aliphatic carbocycles. The lowest BCUT2D eigenvalue weighted by Crippen LogP contribution is -2.00. The number of benzene rings is 1. The van der Waals surface area contributed by atoms with Gasteiger partial charge in [0, 0.05) is 24.4 Å². The summed E-state index contributed by atoms with van der Waals surface area (Å²) in [6.45, 7) is 1.89. The Morgan fingerprint density at radius 3 is 3.00 bits per heavy atom. The van der Waals surface area contributed by atoms with E-state index in [1.54, 1.807) is 6.20 Å². The first kappa shape index (κ1) is 9.84. The molecule has 0 aliphatic rings. The van der Waals surface area contributed by atoms with Crippen LogP contribution in [0.2, 0.25) is 0 Å². The quantitative estimate of drug-likeness (QED) is 0.760. The number of pyridine rings is 1. The fourth-order valence-corrected chi connectivity index (χ4v) is 1.57. The van der Waals surface area contributed by atoms with Gasteiger partial charge in [-0.1, -0.05) is 25.1 Å². The summed E-state index contributed by atoms with van der Waals surface area (Å²) < 4.78 is 0. The average Bonchev–Trinajstić information content (AvgIpc) is 2.29. The van der Waals surface area contributed by atoms with Crippen molar-refractivity contribution < 1.29 is 4.79 Å². The van der Waals surface area contributed by atoms with Gasteiger partial charge in [-0.15, -0.1) is 0 Å². The van der Waals surface area contributed by atoms with Crippen molar-refractivity contribution in [3.05, 3.63) is 42.1 Å². The average molecular weight is 199 g/mol. The zero-order valence-corrected chi connectivity index (χ0v) is 8.73. The van der Waals surface area contributed by atoms with E-state index in [1.165, 1.54) is 0 Å². The van der Waals surface area contributed by atoms with Crippen molar-refractivity contribution in [2.24, 2.45) is 0 Å². The summed E-state index contributed by atoms with van der Waals surface area (Å²) in [6.07, 6.45) is 2.89. The number of carbonyl (C=O) groups excluding carboxylic acids is 1. The lowest BCUT2D eigenvalue weighted by Gasteiger charge is -2.01. The molecule has 2 nitrogen and oxygen atoms in total. The molecule has 0 radical (unpaired) electrons. The third-order valence-corrected chi connectivity index (χ3v) is 2.47. The molecule has 0 bridgehead atoms. The molecule has 0 saturated heterocycles. The first-order valence-corrected chi connectivity index (χ1v) is 5.15. The Morgan fingerprint density at radius 1 is 1.33 bits per heavy atom. The van der Waals surface area contributed by atoms with Crippen LogP contribution in [0.3, 0.4) is 0 Å². The predicted octanol–water partition coefficient (Wildman–Crippen LogP) is 2.76. The Labute approximate surface area is 89.0 Å². The van der Waals surface area contributed by atoms with E-state index in [-0.39, 0.29) is 5.78 Å². The van der Waals surface area contributed by atoms with E-state index >= 15 is 0 Å². The van der Waals surface area contributed by atoms with Crippen LogP contribution >= 0.6 is 0 Å². The zero-order chi connectivity index (χ0) is 10.7. The maximum Gasteiger partial charge on any atom is 0.136 e. The van der Waals surface area contributed by atoms with Crippen molar-refractivity contribution >= 4 is 16.7 Å². The zero-order valence-electron chi connectivity index (χ0n) is 8.73. The molecule has 15 heavy (non-hydrogen) atoms. The van der Waals surface area contributed by atoms with Crippen LogP contribution in [-0.4, -0.2) is 10.8 Å². The number of fused-ring (bicyclic) bond motifs is 1. The number of carbonyl (C=O) groups is 1. The summed E-state index contributed by atoms with van der Waals surface area (Å²) in [5.41, 5.74) is 2.01. The summed E-state index contributed by atoms with van der Waals surface area (Å²) in [5.74, 6) is 0.269. The Hall–Kier alpha value is -1.70. The lowest BCUT2D eigenvalue weighted by molar-refractivity contribution is -0.118. The number of rotatable bonds is 3. The van der Waals surface area contributed by atoms with Gasteiger partial charge < -0.3 is 0 Å². The van der Waals surface area contributed by atoms with E-state index in [2.05, 4.69) is 4.98 Å². The van der Waals surface area contributed by atoms with Gasteiger partial charge in [0.15, 0.2) is 0 Å². The largest absolute Gasteiger partial charge is 0.299 e. The topological polar surface area (TPSA) is 30.0 Å². The molecule has 2 rings (SSSR count).